The Morgan fingerprint density at radius 3 is 2.61 bits per heavy atom. The highest BCUT2D eigenvalue weighted by Gasteiger charge is 2.47. The molecular weight excluding hydrogens is 391 g/mol. The maximum Gasteiger partial charge on any atom is 0.123 e. The molecule has 1 atom stereocenters. The second-order valence-electron chi connectivity index (χ2n) is 9.62. The minimum absolute atomic E-state index is 0.216. The summed E-state index contributed by atoms with van der Waals surface area (Å²) in [7, 11) is 1.59. The van der Waals surface area contributed by atoms with Crippen LogP contribution in [0.4, 0.5) is 4.39 Å². The molecule has 2 aromatic carbocycles. The molecule has 1 fully saturated rings. The van der Waals surface area contributed by atoms with Crippen LogP contribution in [0.2, 0.25) is 0 Å². The van der Waals surface area contributed by atoms with Gasteiger partial charge in [0.15, 0.2) is 0 Å². The smallest absolute Gasteiger partial charge is 0.123 e. The molecule has 0 radical (unpaired) electrons. The Balaban J connectivity index is 1.67. The summed E-state index contributed by atoms with van der Waals surface area (Å²) >= 11 is 0. The molecule has 0 bridgehead atoms. The van der Waals surface area contributed by atoms with Gasteiger partial charge in [0.2, 0.25) is 0 Å². The largest absolute Gasteiger partial charge is 0.496 e. The lowest BCUT2D eigenvalue weighted by Gasteiger charge is -2.37. The molecule has 31 heavy (non-hydrogen) atoms. The number of H-pyrrole nitrogens is 1. The van der Waals surface area contributed by atoms with E-state index in [2.05, 4.69) is 17.1 Å². The van der Waals surface area contributed by atoms with Gasteiger partial charge in [-0.1, -0.05) is 13.8 Å². The molecule has 3 aromatic rings. The first-order valence-corrected chi connectivity index (χ1v) is 10.7. The fraction of sp³-hybridized carbons (Fsp3) is 0.423. The second kappa shape index (κ2) is 7.69. The number of benzene rings is 2. The summed E-state index contributed by atoms with van der Waals surface area (Å²) in [4.78, 5) is 3.41. The zero-order valence-electron chi connectivity index (χ0n) is 18.6. The van der Waals surface area contributed by atoms with E-state index in [9.17, 15) is 14.8 Å². The van der Waals surface area contributed by atoms with Crippen molar-refractivity contribution in [1.29, 1.82) is 5.26 Å². The minimum atomic E-state index is -0.923. The molecule has 1 unspecified atom stereocenters. The molecule has 2 N–H and O–H groups in total. The molecule has 5 heteroatoms. The van der Waals surface area contributed by atoms with Crippen molar-refractivity contribution in [3.63, 3.8) is 0 Å². The SMILES string of the molecule is COc1ccc(F)cc1C(C)(C)CC(O)(Cc1cc2c(C)cc(C#N)cc2[nH]1)C1CC1. The number of rotatable bonds is 7. The van der Waals surface area contributed by atoms with Crippen LogP contribution < -0.4 is 4.74 Å². The molecule has 162 valence electrons. The highest BCUT2D eigenvalue weighted by molar-refractivity contribution is 5.85. The lowest BCUT2D eigenvalue weighted by Crippen LogP contribution is -2.41. The van der Waals surface area contributed by atoms with E-state index in [0.29, 0.717) is 24.2 Å². The van der Waals surface area contributed by atoms with Crippen LogP contribution in [-0.4, -0.2) is 22.8 Å². The van der Waals surface area contributed by atoms with Crippen molar-refractivity contribution in [3.05, 3.63) is 64.6 Å². The first-order chi connectivity index (χ1) is 14.6. The van der Waals surface area contributed by atoms with Crippen molar-refractivity contribution in [2.75, 3.05) is 7.11 Å². The van der Waals surface area contributed by atoms with E-state index in [1.807, 2.05) is 32.9 Å². The molecule has 4 rings (SSSR count). The number of nitrogens with zero attached hydrogens (tertiary/aromatic N) is 1. The first-order valence-electron chi connectivity index (χ1n) is 10.7. The van der Waals surface area contributed by atoms with Crippen LogP contribution in [0.25, 0.3) is 10.9 Å². The summed E-state index contributed by atoms with van der Waals surface area (Å²) < 4.78 is 19.5. The Hall–Kier alpha value is -2.84. The highest BCUT2D eigenvalue weighted by atomic mass is 19.1. The third-order valence-electron chi connectivity index (χ3n) is 6.60. The number of methoxy groups -OCH3 is 1. The number of fused-ring (bicyclic) bond motifs is 1. The van der Waals surface area contributed by atoms with Gasteiger partial charge in [-0.25, -0.2) is 4.39 Å². The van der Waals surface area contributed by atoms with Gasteiger partial charge in [-0.15, -0.1) is 0 Å². The average molecular weight is 421 g/mol. The lowest BCUT2D eigenvalue weighted by molar-refractivity contribution is -0.00893. The van der Waals surface area contributed by atoms with Gasteiger partial charge in [-0.05, 0) is 79.5 Å². The van der Waals surface area contributed by atoms with Gasteiger partial charge in [-0.2, -0.15) is 5.26 Å². The molecule has 0 spiro atoms. The number of ether oxygens (including phenoxy) is 1. The Labute approximate surface area is 182 Å². The van der Waals surface area contributed by atoms with Crippen LogP contribution in [0, 0.1) is 30.0 Å². The van der Waals surface area contributed by atoms with E-state index in [-0.39, 0.29) is 11.7 Å². The maximum absolute atomic E-state index is 14.0. The number of nitrogens with one attached hydrogen (secondary N) is 1. The van der Waals surface area contributed by atoms with Gasteiger partial charge in [0.1, 0.15) is 11.6 Å². The van der Waals surface area contributed by atoms with Gasteiger partial charge < -0.3 is 14.8 Å². The van der Waals surface area contributed by atoms with Crippen molar-refractivity contribution >= 4 is 10.9 Å². The van der Waals surface area contributed by atoms with Crippen LogP contribution in [-0.2, 0) is 11.8 Å². The number of aromatic amines is 1. The van der Waals surface area contributed by atoms with Crippen LogP contribution in [0.3, 0.4) is 0 Å². The fourth-order valence-corrected chi connectivity index (χ4v) is 5.01. The lowest BCUT2D eigenvalue weighted by atomic mass is 9.71. The summed E-state index contributed by atoms with van der Waals surface area (Å²) in [6.07, 6.45) is 2.95. The van der Waals surface area contributed by atoms with Crippen molar-refractivity contribution < 1.29 is 14.2 Å². The number of nitriles is 1. The van der Waals surface area contributed by atoms with E-state index in [1.165, 1.54) is 12.1 Å². The predicted octanol–water partition coefficient (Wildman–Crippen LogP) is 5.55. The van der Waals surface area contributed by atoms with Crippen molar-refractivity contribution in [2.24, 2.45) is 5.92 Å². The number of aryl methyl sites for hydroxylation is 1. The highest BCUT2D eigenvalue weighted by Crippen LogP contribution is 2.49. The molecular formula is C26H29FN2O2. The molecule has 0 aliphatic heterocycles. The molecule has 0 amide bonds. The van der Waals surface area contributed by atoms with Crippen LogP contribution >= 0.6 is 0 Å². The zero-order chi connectivity index (χ0) is 22.4. The van der Waals surface area contributed by atoms with Gasteiger partial charge in [0.05, 0.1) is 24.3 Å². The van der Waals surface area contributed by atoms with E-state index in [1.54, 1.807) is 13.2 Å². The van der Waals surface area contributed by atoms with Crippen molar-refractivity contribution in [3.8, 4) is 11.8 Å². The Morgan fingerprint density at radius 1 is 1.23 bits per heavy atom. The van der Waals surface area contributed by atoms with Gasteiger partial charge in [-0.3, -0.25) is 0 Å². The molecule has 0 saturated heterocycles. The van der Waals surface area contributed by atoms with Crippen LogP contribution in [0.1, 0.15) is 55.5 Å². The molecule has 1 aliphatic carbocycles. The van der Waals surface area contributed by atoms with Crippen LogP contribution in [0.5, 0.6) is 5.75 Å². The summed E-state index contributed by atoms with van der Waals surface area (Å²) in [5.41, 5.74) is 2.88. The number of hydrogen-bond donors (Lipinski definition) is 2. The monoisotopic (exact) mass is 420 g/mol. The van der Waals surface area contributed by atoms with Crippen LogP contribution in [0.15, 0.2) is 36.4 Å². The quantitative estimate of drug-likeness (QED) is 0.527. The van der Waals surface area contributed by atoms with E-state index in [0.717, 1.165) is 40.6 Å². The molecule has 1 aromatic heterocycles. The zero-order valence-corrected chi connectivity index (χ0v) is 18.6. The third-order valence-corrected chi connectivity index (χ3v) is 6.60. The second-order valence-corrected chi connectivity index (χ2v) is 9.62. The Kier molecular flexibility index (Phi) is 5.31. The molecule has 4 nitrogen and oxygen atoms in total. The molecule has 1 heterocycles. The molecule has 1 saturated carbocycles. The fourth-order valence-electron chi connectivity index (χ4n) is 5.01. The predicted molar refractivity (Wildman–Crippen MR) is 120 cm³/mol. The normalized spacial score (nSPS) is 16.2. The van der Waals surface area contributed by atoms with E-state index in [4.69, 9.17) is 4.74 Å². The Morgan fingerprint density at radius 2 is 1.97 bits per heavy atom. The Bertz CT molecular complexity index is 1170. The first kappa shape index (κ1) is 21.4. The summed E-state index contributed by atoms with van der Waals surface area (Å²) in [6, 6.07) is 12.6. The van der Waals surface area contributed by atoms with Gasteiger partial charge in [0, 0.05) is 28.6 Å². The number of aliphatic hydroxyl groups is 1. The third kappa shape index (κ3) is 4.18. The minimum Gasteiger partial charge on any atom is -0.496 e. The number of hydrogen-bond acceptors (Lipinski definition) is 3. The van der Waals surface area contributed by atoms with E-state index >= 15 is 0 Å². The summed E-state index contributed by atoms with van der Waals surface area (Å²) in [5.74, 6) is 0.543. The van der Waals surface area contributed by atoms with Gasteiger partial charge in [0.25, 0.3) is 0 Å². The van der Waals surface area contributed by atoms with Crippen molar-refractivity contribution in [2.45, 2.75) is 57.5 Å². The molecule has 1 aliphatic rings. The van der Waals surface area contributed by atoms with Crippen molar-refractivity contribution in [1.82, 2.24) is 4.98 Å². The summed E-state index contributed by atoms with van der Waals surface area (Å²) in [6.45, 7) is 6.06. The maximum atomic E-state index is 14.0. The number of halogens is 1. The number of aromatic nitrogens is 1. The van der Waals surface area contributed by atoms with Gasteiger partial charge >= 0.3 is 0 Å². The average Bonchev–Trinajstić information content (AvgIpc) is 3.49. The topological polar surface area (TPSA) is 69.0 Å². The summed E-state index contributed by atoms with van der Waals surface area (Å²) in [5, 5.41) is 22.1. The standard InChI is InChI=1S/C26H29FN2O2/c1-16-9-17(14-28)10-23-21(16)12-20(29-23)13-26(30,18-5-6-18)15-25(2,3)22-11-19(27)7-8-24(22)31-4/h7-12,18,29-30H,5-6,13,15H2,1-4H3. The van der Waals surface area contributed by atoms with E-state index < -0.39 is 11.0 Å².